The zero-order valence-electron chi connectivity index (χ0n) is 18.9. The largest absolute Gasteiger partial charge is 0.462 e. The molecule has 0 saturated heterocycles. The number of halogens is 3. The first kappa shape index (κ1) is 22.2. The molecule has 2 aromatic rings. The van der Waals surface area contributed by atoms with Crippen LogP contribution in [0.15, 0.2) is 41.7 Å². The third kappa shape index (κ3) is 3.33. The van der Waals surface area contributed by atoms with Gasteiger partial charge in [0.25, 0.3) is 6.02 Å². The SMILES string of the molecule is COC1[C@H](C)CC2(Cc3ccc(-c4cncc(C(F)(F)F)c4)cc3C23COC(N)=N3)C[C@@H]1C. The monoisotopic (exact) mass is 459 g/mol. The third-order valence-electron chi connectivity index (χ3n) is 7.91. The summed E-state index contributed by atoms with van der Waals surface area (Å²) < 4.78 is 51.3. The number of hydrogen-bond acceptors (Lipinski definition) is 5. The van der Waals surface area contributed by atoms with E-state index in [0.717, 1.165) is 42.7 Å². The van der Waals surface area contributed by atoms with Gasteiger partial charge >= 0.3 is 6.18 Å². The molecule has 8 heteroatoms. The van der Waals surface area contributed by atoms with Gasteiger partial charge in [0.2, 0.25) is 0 Å². The summed E-state index contributed by atoms with van der Waals surface area (Å²) in [5.41, 5.74) is 7.68. The van der Waals surface area contributed by atoms with Gasteiger partial charge in [0.15, 0.2) is 0 Å². The fraction of sp³-hybridized carbons (Fsp3) is 0.520. The second-order valence-electron chi connectivity index (χ2n) is 9.95. The number of benzene rings is 1. The van der Waals surface area contributed by atoms with Gasteiger partial charge < -0.3 is 15.2 Å². The van der Waals surface area contributed by atoms with Crippen molar-refractivity contribution in [1.29, 1.82) is 0 Å². The van der Waals surface area contributed by atoms with E-state index in [1.54, 1.807) is 7.11 Å². The molecule has 3 aliphatic rings. The molecule has 5 atom stereocenters. The summed E-state index contributed by atoms with van der Waals surface area (Å²) >= 11 is 0. The quantitative estimate of drug-likeness (QED) is 0.691. The maximum absolute atomic E-state index is 13.3. The van der Waals surface area contributed by atoms with E-state index in [9.17, 15) is 13.2 Å². The number of hydrogen-bond donors (Lipinski definition) is 1. The van der Waals surface area contributed by atoms with Gasteiger partial charge in [-0.25, -0.2) is 4.99 Å². The molecule has 1 aliphatic heterocycles. The van der Waals surface area contributed by atoms with Crippen LogP contribution in [0.2, 0.25) is 0 Å². The number of rotatable bonds is 2. The summed E-state index contributed by atoms with van der Waals surface area (Å²) in [4.78, 5) is 8.72. The number of pyridine rings is 1. The third-order valence-corrected chi connectivity index (χ3v) is 7.91. The number of nitrogens with two attached hydrogens (primary N) is 1. The van der Waals surface area contributed by atoms with E-state index in [0.29, 0.717) is 29.6 Å². The number of aliphatic imine (C=N–C) groups is 1. The summed E-state index contributed by atoms with van der Waals surface area (Å²) in [5, 5.41) is 0. The lowest BCUT2D eigenvalue weighted by Gasteiger charge is -2.50. The first-order chi connectivity index (χ1) is 15.6. The van der Waals surface area contributed by atoms with Gasteiger partial charge in [-0.15, -0.1) is 0 Å². The van der Waals surface area contributed by atoms with Crippen LogP contribution in [0.4, 0.5) is 13.2 Å². The minimum atomic E-state index is -4.45. The molecule has 1 fully saturated rings. The van der Waals surface area contributed by atoms with Gasteiger partial charge in [-0.05, 0) is 59.9 Å². The molecule has 2 aliphatic carbocycles. The highest BCUT2D eigenvalue weighted by molar-refractivity contribution is 5.76. The Morgan fingerprint density at radius 1 is 1.09 bits per heavy atom. The molecule has 0 amide bonds. The van der Waals surface area contributed by atoms with E-state index in [1.807, 2.05) is 18.2 Å². The summed E-state index contributed by atoms with van der Waals surface area (Å²) in [5.74, 6) is 0.656. The number of fused-ring (bicyclic) bond motifs is 3. The molecule has 1 aromatic carbocycles. The van der Waals surface area contributed by atoms with Crippen LogP contribution in [0, 0.1) is 17.3 Å². The average Bonchev–Trinajstić information content (AvgIpc) is 3.26. The fourth-order valence-corrected chi connectivity index (χ4v) is 6.74. The number of alkyl halides is 3. The summed E-state index contributed by atoms with van der Waals surface area (Å²) in [7, 11) is 1.76. The van der Waals surface area contributed by atoms with Crippen LogP contribution in [0.3, 0.4) is 0 Å². The van der Waals surface area contributed by atoms with Gasteiger partial charge in [-0.2, -0.15) is 13.2 Å². The second kappa shape index (κ2) is 7.45. The molecule has 33 heavy (non-hydrogen) atoms. The minimum Gasteiger partial charge on any atom is -0.462 e. The van der Waals surface area contributed by atoms with Gasteiger partial charge in [0, 0.05) is 30.5 Å². The van der Waals surface area contributed by atoms with Crippen molar-refractivity contribution in [3.63, 3.8) is 0 Å². The number of ether oxygens (including phenoxy) is 2. The van der Waals surface area contributed by atoms with Crippen LogP contribution in [-0.2, 0) is 27.6 Å². The fourth-order valence-electron chi connectivity index (χ4n) is 6.74. The molecule has 3 unspecified atom stereocenters. The molecule has 0 radical (unpaired) electrons. The van der Waals surface area contributed by atoms with E-state index >= 15 is 0 Å². The summed E-state index contributed by atoms with van der Waals surface area (Å²) in [6.07, 6.45) is 0.678. The predicted octanol–water partition coefficient (Wildman–Crippen LogP) is 4.93. The van der Waals surface area contributed by atoms with E-state index in [2.05, 4.69) is 18.8 Å². The molecule has 176 valence electrons. The predicted molar refractivity (Wildman–Crippen MR) is 118 cm³/mol. The highest BCUT2D eigenvalue weighted by Gasteiger charge is 2.63. The van der Waals surface area contributed by atoms with E-state index in [1.165, 1.54) is 6.20 Å². The highest BCUT2D eigenvalue weighted by atomic mass is 19.4. The Morgan fingerprint density at radius 3 is 2.42 bits per heavy atom. The van der Waals surface area contributed by atoms with Crippen LogP contribution in [-0.4, -0.2) is 30.8 Å². The number of amidine groups is 1. The Hall–Kier alpha value is -2.61. The lowest BCUT2D eigenvalue weighted by molar-refractivity contribution is -0.137. The Labute approximate surface area is 191 Å². The molecule has 1 saturated carbocycles. The lowest BCUT2D eigenvalue weighted by atomic mass is 9.57. The van der Waals surface area contributed by atoms with Crippen LogP contribution in [0.25, 0.3) is 11.1 Å². The first-order valence-corrected chi connectivity index (χ1v) is 11.3. The van der Waals surface area contributed by atoms with Crippen LogP contribution < -0.4 is 5.73 Å². The van der Waals surface area contributed by atoms with Crippen molar-refractivity contribution in [2.45, 2.75) is 50.9 Å². The second-order valence-corrected chi connectivity index (χ2v) is 9.95. The Bertz CT molecular complexity index is 1100. The summed E-state index contributed by atoms with van der Waals surface area (Å²) in [6, 6.07) is 7.16. The molecular formula is C25H28F3N3O2. The zero-order chi connectivity index (χ0) is 23.6. The van der Waals surface area contributed by atoms with Crippen LogP contribution in [0.5, 0.6) is 0 Å². The van der Waals surface area contributed by atoms with Crippen molar-refractivity contribution < 1.29 is 22.6 Å². The zero-order valence-corrected chi connectivity index (χ0v) is 18.9. The molecule has 2 heterocycles. The number of nitrogens with zero attached hydrogens (tertiary/aromatic N) is 2. The van der Waals surface area contributed by atoms with E-state index in [4.69, 9.17) is 20.2 Å². The molecule has 5 nitrogen and oxygen atoms in total. The Balaban J connectivity index is 1.61. The Kier molecular flexibility index (Phi) is 5.01. The van der Waals surface area contributed by atoms with Crippen LogP contribution in [0.1, 0.15) is 43.4 Å². The number of methoxy groups -OCH3 is 1. The standard InChI is InChI=1S/C25H28F3N3O2/c1-14-8-23(9-15(2)21(14)32-3)10-17-5-4-16(7-20(17)24(23)13-33-22(29)31-24)18-6-19(12-30-11-18)25(26,27)28/h4-7,11-12,14-15,21H,8-10,13H2,1-3H3,(H2,29,31)/t14-,15+,21?,23?,24?. The van der Waals surface area contributed by atoms with Crippen molar-refractivity contribution in [3.8, 4) is 11.1 Å². The molecule has 5 rings (SSSR count). The minimum absolute atomic E-state index is 0.169. The van der Waals surface area contributed by atoms with Gasteiger partial charge in [0.05, 0.1) is 11.7 Å². The topological polar surface area (TPSA) is 69.7 Å². The van der Waals surface area contributed by atoms with E-state index < -0.39 is 17.3 Å². The average molecular weight is 460 g/mol. The van der Waals surface area contributed by atoms with Crippen molar-refractivity contribution in [2.24, 2.45) is 28.0 Å². The summed E-state index contributed by atoms with van der Waals surface area (Å²) in [6.45, 7) is 4.77. The van der Waals surface area contributed by atoms with Crippen molar-refractivity contribution in [2.75, 3.05) is 13.7 Å². The van der Waals surface area contributed by atoms with Gasteiger partial charge in [-0.1, -0.05) is 26.0 Å². The van der Waals surface area contributed by atoms with Crippen molar-refractivity contribution >= 4 is 6.02 Å². The Morgan fingerprint density at radius 2 is 1.82 bits per heavy atom. The maximum Gasteiger partial charge on any atom is 0.417 e. The maximum atomic E-state index is 13.3. The van der Waals surface area contributed by atoms with Crippen molar-refractivity contribution in [1.82, 2.24) is 4.98 Å². The van der Waals surface area contributed by atoms with Crippen LogP contribution >= 0.6 is 0 Å². The molecular weight excluding hydrogens is 431 g/mol. The molecule has 2 N–H and O–H groups in total. The highest BCUT2D eigenvalue weighted by Crippen LogP contribution is 2.63. The molecule has 1 aromatic heterocycles. The number of aromatic nitrogens is 1. The smallest absolute Gasteiger partial charge is 0.417 e. The van der Waals surface area contributed by atoms with Gasteiger partial charge in [0.1, 0.15) is 12.1 Å². The van der Waals surface area contributed by atoms with E-state index in [-0.39, 0.29) is 17.5 Å². The first-order valence-electron chi connectivity index (χ1n) is 11.3. The molecule has 2 spiro atoms. The lowest BCUT2D eigenvalue weighted by Crippen LogP contribution is -2.51. The van der Waals surface area contributed by atoms with Gasteiger partial charge in [-0.3, -0.25) is 4.98 Å². The normalized spacial score (nSPS) is 33.3. The van der Waals surface area contributed by atoms with Crippen molar-refractivity contribution in [3.05, 3.63) is 53.3 Å². The molecule has 0 bridgehead atoms.